The number of nitrogens with one attached hydrogen (secondary N) is 1. The molecule has 0 amide bonds. The molecule has 0 fully saturated rings. The van der Waals surface area contributed by atoms with Crippen molar-refractivity contribution in [1.29, 1.82) is 0 Å². The van der Waals surface area contributed by atoms with Gasteiger partial charge in [-0.3, -0.25) is 4.79 Å². The second-order valence-electron chi connectivity index (χ2n) is 4.66. The number of carboxylic acid groups (broad SMARTS) is 1. The predicted molar refractivity (Wildman–Crippen MR) is 77.9 cm³/mol. The number of hydrogen-bond acceptors (Lipinski definition) is 3. The van der Waals surface area contributed by atoms with E-state index in [4.69, 9.17) is 0 Å². The third-order valence-corrected chi connectivity index (χ3v) is 5.18. The molecule has 0 bridgehead atoms. The van der Waals surface area contributed by atoms with Gasteiger partial charge >= 0.3 is 5.97 Å². The first-order valence-electron chi connectivity index (χ1n) is 6.71. The Balaban J connectivity index is 2.99. The minimum Gasteiger partial charge on any atom is -0.480 e. The van der Waals surface area contributed by atoms with Crippen LogP contribution in [0.2, 0.25) is 0 Å². The number of hydrogen-bond donors (Lipinski definition) is 2. The number of sulfonamides is 1. The monoisotopic (exact) mass is 299 g/mol. The summed E-state index contributed by atoms with van der Waals surface area (Å²) >= 11 is 0. The molecule has 0 spiro atoms. The molecule has 5 nitrogen and oxygen atoms in total. The topological polar surface area (TPSA) is 83.5 Å². The van der Waals surface area contributed by atoms with Crippen LogP contribution in [-0.2, 0) is 14.8 Å². The molecule has 0 aliphatic carbocycles. The van der Waals surface area contributed by atoms with E-state index in [1.54, 1.807) is 37.3 Å². The Morgan fingerprint density at radius 1 is 1.25 bits per heavy atom. The molecule has 112 valence electrons. The lowest BCUT2D eigenvalue weighted by Crippen LogP contribution is -2.39. The highest BCUT2D eigenvalue weighted by molar-refractivity contribution is 7.90. The highest BCUT2D eigenvalue weighted by Gasteiger charge is 2.30. The summed E-state index contributed by atoms with van der Waals surface area (Å²) in [4.78, 5) is 11.3. The van der Waals surface area contributed by atoms with E-state index >= 15 is 0 Å². The fourth-order valence-corrected chi connectivity index (χ4v) is 3.81. The smallest absolute Gasteiger partial charge is 0.326 e. The van der Waals surface area contributed by atoms with E-state index in [0.29, 0.717) is 18.4 Å². The van der Waals surface area contributed by atoms with Gasteiger partial charge in [0.05, 0.1) is 5.25 Å². The maximum absolute atomic E-state index is 12.3. The normalized spacial score (nSPS) is 14.7. The molecule has 0 aliphatic rings. The van der Waals surface area contributed by atoms with Gasteiger partial charge in [-0.05, 0) is 18.4 Å². The lowest BCUT2D eigenvalue weighted by atomic mass is 10.1. The second kappa shape index (κ2) is 7.40. The van der Waals surface area contributed by atoms with Gasteiger partial charge in [0.15, 0.2) is 0 Å². The van der Waals surface area contributed by atoms with Gasteiger partial charge in [-0.1, -0.05) is 50.6 Å². The lowest BCUT2D eigenvalue weighted by Gasteiger charge is -2.20. The molecular weight excluding hydrogens is 278 g/mol. The zero-order valence-corrected chi connectivity index (χ0v) is 12.6. The van der Waals surface area contributed by atoms with Crippen molar-refractivity contribution < 1.29 is 18.3 Å². The van der Waals surface area contributed by atoms with Crippen LogP contribution < -0.4 is 4.72 Å². The van der Waals surface area contributed by atoms with Crippen molar-refractivity contribution >= 4 is 16.0 Å². The van der Waals surface area contributed by atoms with Crippen LogP contribution in [0, 0.1) is 0 Å². The van der Waals surface area contributed by atoms with Gasteiger partial charge in [-0.2, -0.15) is 4.72 Å². The Hall–Kier alpha value is -1.40. The van der Waals surface area contributed by atoms with E-state index in [1.807, 2.05) is 6.92 Å². The average Bonchev–Trinajstić information content (AvgIpc) is 2.42. The number of carbonyl (C=O) groups is 1. The van der Waals surface area contributed by atoms with Crippen LogP contribution in [-0.4, -0.2) is 24.7 Å². The van der Waals surface area contributed by atoms with Gasteiger partial charge < -0.3 is 5.11 Å². The first-order valence-corrected chi connectivity index (χ1v) is 8.25. The van der Waals surface area contributed by atoms with Crippen molar-refractivity contribution in [2.75, 3.05) is 0 Å². The molecule has 0 aliphatic heterocycles. The number of benzene rings is 1. The third kappa shape index (κ3) is 4.31. The fourth-order valence-electron chi connectivity index (χ4n) is 2.07. The fraction of sp³-hybridized carbons (Fsp3) is 0.500. The highest BCUT2D eigenvalue weighted by Crippen LogP contribution is 2.18. The van der Waals surface area contributed by atoms with Crippen LogP contribution in [0.25, 0.3) is 0 Å². The molecule has 1 unspecified atom stereocenters. The molecule has 2 atom stereocenters. The average molecular weight is 299 g/mol. The molecule has 0 radical (unpaired) electrons. The molecule has 6 heteroatoms. The summed E-state index contributed by atoms with van der Waals surface area (Å²) in [6, 6.07) is 7.07. The van der Waals surface area contributed by atoms with E-state index in [-0.39, 0.29) is 0 Å². The molecular formula is C14H21NO4S. The number of aliphatic carboxylic acids is 1. The molecule has 1 aromatic carbocycles. The van der Waals surface area contributed by atoms with Crippen LogP contribution >= 0.6 is 0 Å². The minimum absolute atomic E-state index is 0.426. The quantitative estimate of drug-likeness (QED) is 0.771. The van der Waals surface area contributed by atoms with E-state index in [1.165, 1.54) is 0 Å². The largest absolute Gasteiger partial charge is 0.480 e. The van der Waals surface area contributed by atoms with Crippen LogP contribution in [0.5, 0.6) is 0 Å². The van der Waals surface area contributed by atoms with Gasteiger partial charge in [0.2, 0.25) is 10.0 Å². The summed E-state index contributed by atoms with van der Waals surface area (Å²) in [7, 11) is -3.66. The highest BCUT2D eigenvalue weighted by atomic mass is 32.2. The predicted octanol–water partition coefficient (Wildman–Crippen LogP) is 2.31. The zero-order chi connectivity index (χ0) is 15.2. The Kier molecular flexibility index (Phi) is 6.16. The third-order valence-electron chi connectivity index (χ3n) is 3.17. The molecule has 0 saturated heterocycles. The van der Waals surface area contributed by atoms with Crippen molar-refractivity contribution in [3.05, 3.63) is 35.9 Å². The van der Waals surface area contributed by atoms with Crippen molar-refractivity contribution in [1.82, 2.24) is 4.72 Å². The van der Waals surface area contributed by atoms with Crippen molar-refractivity contribution in [2.45, 2.75) is 44.4 Å². The molecule has 20 heavy (non-hydrogen) atoms. The van der Waals surface area contributed by atoms with Gasteiger partial charge in [-0.15, -0.1) is 0 Å². The Morgan fingerprint density at radius 2 is 1.85 bits per heavy atom. The van der Waals surface area contributed by atoms with E-state index < -0.39 is 27.3 Å². The minimum atomic E-state index is -3.66. The van der Waals surface area contributed by atoms with E-state index in [2.05, 4.69) is 4.72 Å². The van der Waals surface area contributed by atoms with Crippen molar-refractivity contribution in [2.24, 2.45) is 0 Å². The first kappa shape index (κ1) is 16.7. The molecule has 1 rings (SSSR count). The molecule has 2 N–H and O–H groups in total. The van der Waals surface area contributed by atoms with Gasteiger partial charge in [0.1, 0.15) is 6.04 Å². The molecule has 0 heterocycles. The summed E-state index contributed by atoms with van der Waals surface area (Å²) in [6.45, 7) is 3.70. The van der Waals surface area contributed by atoms with E-state index in [9.17, 15) is 18.3 Å². The zero-order valence-electron chi connectivity index (χ0n) is 11.7. The molecule has 0 aromatic heterocycles. The number of carboxylic acids is 1. The Morgan fingerprint density at radius 3 is 2.30 bits per heavy atom. The summed E-state index contributed by atoms with van der Waals surface area (Å²) in [6.07, 6.45) is 1.72. The van der Waals surface area contributed by atoms with Gasteiger partial charge in [0.25, 0.3) is 0 Å². The van der Waals surface area contributed by atoms with Crippen LogP contribution in [0.3, 0.4) is 0 Å². The SMILES string of the molecule is CCCC(CC)S(=O)(=O)N[C@@H](C(=O)O)c1ccccc1. The Labute approximate surface area is 120 Å². The maximum atomic E-state index is 12.3. The number of rotatable bonds is 8. The summed E-state index contributed by atoms with van der Waals surface area (Å²) < 4.78 is 26.8. The van der Waals surface area contributed by atoms with Crippen molar-refractivity contribution in [3.8, 4) is 0 Å². The standard InChI is InChI=1S/C14H21NO4S/c1-3-8-12(4-2)20(18,19)15-13(14(16)17)11-9-6-5-7-10-11/h5-7,9-10,12-13,15H,3-4,8H2,1-2H3,(H,16,17)/t12?,13-/m1/s1. The van der Waals surface area contributed by atoms with Crippen LogP contribution in [0.15, 0.2) is 30.3 Å². The summed E-state index contributed by atoms with van der Waals surface area (Å²) in [5.41, 5.74) is 0.426. The molecule has 0 saturated carbocycles. The summed E-state index contributed by atoms with van der Waals surface area (Å²) in [5, 5.41) is 8.69. The molecule has 1 aromatic rings. The van der Waals surface area contributed by atoms with E-state index in [0.717, 1.165) is 6.42 Å². The summed E-state index contributed by atoms with van der Waals surface area (Å²) in [5.74, 6) is -1.20. The van der Waals surface area contributed by atoms with Crippen molar-refractivity contribution in [3.63, 3.8) is 0 Å². The maximum Gasteiger partial charge on any atom is 0.326 e. The lowest BCUT2D eigenvalue weighted by molar-refractivity contribution is -0.139. The first-order chi connectivity index (χ1) is 9.42. The van der Waals surface area contributed by atoms with Gasteiger partial charge in [-0.25, -0.2) is 8.42 Å². The Bertz CT molecular complexity index is 527. The van der Waals surface area contributed by atoms with Crippen LogP contribution in [0.1, 0.15) is 44.7 Å². The van der Waals surface area contributed by atoms with Gasteiger partial charge in [0, 0.05) is 0 Å². The van der Waals surface area contributed by atoms with Crippen LogP contribution in [0.4, 0.5) is 0 Å². The second-order valence-corrected chi connectivity index (χ2v) is 6.66.